The van der Waals surface area contributed by atoms with Crippen LogP contribution in [-0.4, -0.2) is 51.3 Å². The number of hydrogen-bond donors (Lipinski definition) is 2. The van der Waals surface area contributed by atoms with E-state index in [0.29, 0.717) is 18.1 Å². The van der Waals surface area contributed by atoms with Crippen molar-refractivity contribution in [2.24, 2.45) is 0 Å². The molecule has 1 saturated heterocycles. The van der Waals surface area contributed by atoms with E-state index < -0.39 is 5.60 Å². The van der Waals surface area contributed by atoms with Crippen molar-refractivity contribution in [1.82, 2.24) is 25.1 Å². The number of aromatic nitrogens is 2. The largest absolute Gasteiger partial charge is 0.444 e. The molecule has 3 heterocycles. The number of nitrogens with zero attached hydrogens (tertiary/aromatic N) is 3. The zero-order valence-electron chi connectivity index (χ0n) is 23.0. The van der Waals surface area contributed by atoms with Gasteiger partial charge in [-0.15, -0.1) is 0 Å². The van der Waals surface area contributed by atoms with E-state index in [1.54, 1.807) is 0 Å². The molecule has 0 radical (unpaired) electrons. The highest BCUT2D eigenvalue weighted by Gasteiger charge is 2.33. The quantitative estimate of drug-likeness (QED) is 0.520. The first-order valence-corrected chi connectivity index (χ1v) is 13.7. The summed E-state index contributed by atoms with van der Waals surface area (Å²) in [6, 6.07) is 11.7. The maximum atomic E-state index is 12.6. The average Bonchev–Trinajstić information content (AvgIpc) is 3.34. The standard InChI is InChI=1S/C29H45N5O2/c1-20-12-13-24(18-21(2)34-22(3)31-26-19-30-16-14-27(26)34)33(20)17-15-25(23-10-8-7-9-11-23)32-28(35)36-29(4,5)6/h7-11,20-21,24-25,30H,12-19H2,1-6H3,(H,32,35). The van der Waals surface area contributed by atoms with E-state index in [1.165, 1.54) is 24.2 Å². The van der Waals surface area contributed by atoms with Crippen LogP contribution in [0.2, 0.25) is 0 Å². The Morgan fingerprint density at radius 2 is 2.00 bits per heavy atom. The van der Waals surface area contributed by atoms with Gasteiger partial charge >= 0.3 is 6.09 Å². The van der Waals surface area contributed by atoms with Crippen LogP contribution in [0, 0.1) is 6.92 Å². The van der Waals surface area contributed by atoms with Gasteiger partial charge in [-0.1, -0.05) is 30.3 Å². The summed E-state index contributed by atoms with van der Waals surface area (Å²) in [6.07, 6.45) is 5.11. The molecule has 0 saturated carbocycles. The Kier molecular flexibility index (Phi) is 8.41. The van der Waals surface area contributed by atoms with Gasteiger partial charge < -0.3 is 19.9 Å². The summed E-state index contributed by atoms with van der Waals surface area (Å²) >= 11 is 0. The molecule has 1 amide bonds. The molecule has 36 heavy (non-hydrogen) atoms. The fourth-order valence-corrected chi connectivity index (χ4v) is 6.07. The molecule has 1 fully saturated rings. The fourth-order valence-electron chi connectivity index (χ4n) is 6.07. The van der Waals surface area contributed by atoms with Gasteiger partial charge in [0.05, 0.1) is 11.7 Å². The van der Waals surface area contributed by atoms with Crippen LogP contribution in [-0.2, 0) is 17.7 Å². The molecule has 2 N–H and O–H groups in total. The molecule has 0 aliphatic carbocycles. The number of fused-ring (bicyclic) bond motifs is 1. The molecule has 4 rings (SSSR count). The van der Waals surface area contributed by atoms with E-state index >= 15 is 0 Å². The van der Waals surface area contributed by atoms with Gasteiger partial charge in [0, 0.05) is 49.9 Å². The normalized spacial score (nSPS) is 22.2. The second kappa shape index (κ2) is 11.3. The molecule has 0 bridgehead atoms. The highest BCUT2D eigenvalue weighted by Crippen LogP contribution is 2.33. The van der Waals surface area contributed by atoms with Gasteiger partial charge in [0.1, 0.15) is 11.4 Å². The van der Waals surface area contributed by atoms with Crippen molar-refractivity contribution in [3.63, 3.8) is 0 Å². The van der Waals surface area contributed by atoms with Gasteiger partial charge in [-0.05, 0) is 72.8 Å². The van der Waals surface area contributed by atoms with Crippen molar-refractivity contribution in [1.29, 1.82) is 0 Å². The predicted molar refractivity (Wildman–Crippen MR) is 144 cm³/mol. The fraction of sp³-hybridized carbons (Fsp3) is 0.655. The van der Waals surface area contributed by atoms with Crippen LogP contribution >= 0.6 is 0 Å². The Morgan fingerprint density at radius 1 is 1.25 bits per heavy atom. The molecule has 1 aromatic carbocycles. The van der Waals surface area contributed by atoms with Crippen molar-refractivity contribution in [3.8, 4) is 0 Å². The van der Waals surface area contributed by atoms with Gasteiger partial charge in [-0.25, -0.2) is 9.78 Å². The molecule has 4 atom stereocenters. The third-order valence-electron chi connectivity index (χ3n) is 7.68. The molecular formula is C29H45N5O2. The number of ether oxygens (including phenoxy) is 1. The van der Waals surface area contributed by atoms with Crippen LogP contribution in [0.15, 0.2) is 30.3 Å². The highest BCUT2D eigenvalue weighted by atomic mass is 16.6. The summed E-state index contributed by atoms with van der Waals surface area (Å²) in [4.78, 5) is 20.2. The maximum absolute atomic E-state index is 12.6. The number of imidazole rings is 1. The number of hydrogen-bond acceptors (Lipinski definition) is 5. The zero-order valence-corrected chi connectivity index (χ0v) is 23.0. The summed E-state index contributed by atoms with van der Waals surface area (Å²) in [7, 11) is 0. The molecule has 2 aromatic rings. The van der Waals surface area contributed by atoms with Crippen LogP contribution in [0.5, 0.6) is 0 Å². The van der Waals surface area contributed by atoms with E-state index in [4.69, 9.17) is 9.72 Å². The van der Waals surface area contributed by atoms with Crippen molar-refractivity contribution in [2.45, 2.75) is 110 Å². The number of likely N-dealkylation sites (tertiary alicyclic amines) is 1. The van der Waals surface area contributed by atoms with E-state index in [1.807, 2.05) is 39.0 Å². The van der Waals surface area contributed by atoms with Crippen molar-refractivity contribution >= 4 is 6.09 Å². The minimum absolute atomic E-state index is 0.0812. The minimum atomic E-state index is -0.517. The third kappa shape index (κ3) is 6.48. The maximum Gasteiger partial charge on any atom is 0.408 e. The first-order valence-electron chi connectivity index (χ1n) is 13.7. The van der Waals surface area contributed by atoms with Crippen LogP contribution in [0.1, 0.15) is 95.2 Å². The lowest BCUT2D eigenvalue weighted by Gasteiger charge is -2.33. The second-order valence-corrected chi connectivity index (χ2v) is 11.7. The minimum Gasteiger partial charge on any atom is -0.444 e. The molecular weight excluding hydrogens is 450 g/mol. The predicted octanol–water partition coefficient (Wildman–Crippen LogP) is 5.30. The summed E-state index contributed by atoms with van der Waals surface area (Å²) in [6.45, 7) is 15.4. The second-order valence-electron chi connectivity index (χ2n) is 11.7. The van der Waals surface area contributed by atoms with Gasteiger partial charge in [-0.2, -0.15) is 0 Å². The molecule has 2 aliphatic rings. The zero-order chi connectivity index (χ0) is 25.9. The third-order valence-corrected chi connectivity index (χ3v) is 7.68. The average molecular weight is 496 g/mol. The van der Waals surface area contributed by atoms with Gasteiger partial charge in [0.15, 0.2) is 0 Å². The molecule has 198 valence electrons. The number of amides is 1. The number of rotatable bonds is 8. The number of alkyl carbamates (subject to hydrolysis) is 1. The van der Waals surface area contributed by atoms with E-state index in [2.05, 4.69) is 53.0 Å². The van der Waals surface area contributed by atoms with Crippen molar-refractivity contribution in [2.75, 3.05) is 13.1 Å². The van der Waals surface area contributed by atoms with Crippen molar-refractivity contribution in [3.05, 3.63) is 53.1 Å². The number of nitrogens with one attached hydrogen (secondary N) is 2. The molecule has 4 unspecified atom stereocenters. The molecule has 7 nitrogen and oxygen atoms in total. The number of aryl methyl sites for hydroxylation is 1. The number of benzene rings is 1. The molecule has 2 aliphatic heterocycles. The van der Waals surface area contributed by atoms with E-state index in [9.17, 15) is 4.79 Å². The Balaban J connectivity index is 1.43. The highest BCUT2D eigenvalue weighted by molar-refractivity contribution is 5.68. The number of carbonyl (C=O) groups is 1. The van der Waals surface area contributed by atoms with Crippen LogP contribution in [0.3, 0.4) is 0 Å². The first kappa shape index (κ1) is 26.7. The summed E-state index contributed by atoms with van der Waals surface area (Å²) in [5.41, 5.74) is 3.24. The van der Waals surface area contributed by atoms with Crippen LogP contribution in [0.25, 0.3) is 0 Å². The lowest BCUT2D eigenvalue weighted by molar-refractivity contribution is 0.0495. The van der Waals surface area contributed by atoms with Gasteiger partial charge in [-0.3, -0.25) is 4.90 Å². The lowest BCUT2D eigenvalue weighted by atomic mass is 10.0. The number of carbonyl (C=O) groups excluding carboxylic acids is 1. The summed E-state index contributed by atoms with van der Waals surface area (Å²) in [5.74, 6) is 1.14. The van der Waals surface area contributed by atoms with E-state index in [0.717, 1.165) is 50.3 Å². The lowest BCUT2D eigenvalue weighted by Crippen LogP contribution is -2.40. The smallest absolute Gasteiger partial charge is 0.408 e. The molecule has 7 heteroatoms. The van der Waals surface area contributed by atoms with Gasteiger partial charge in [0.2, 0.25) is 0 Å². The van der Waals surface area contributed by atoms with Gasteiger partial charge in [0.25, 0.3) is 0 Å². The monoisotopic (exact) mass is 495 g/mol. The summed E-state index contributed by atoms with van der Waals surface area (Å²) in [5, 5.41) is 6.59. The molecule has 0 spiro atoms. The summed E-state index contributed by atoms with van der Waals surface area (Å²) < 4.78 is 8.07. The van der Waals surface area contributed by atoms with E-state index in [-0.39, 0.29) is 12.1 Å². The van der Waals surface area contributed by atoms with Crippen LogP contribution in [0.4, 0.5) is 4.79 Å². The Bertz CT molecular complexity index is 1010. The first-order chi connectivity index (χ1) is 17.1. The van der Waals surface area contributed by atoms with Crippen molar-refractivity contribution < 1.29 is 9.53 Å². The topological polar surface area (TPSA) is 71.4 Å². The van der Waals surface area contributed by atoms with Crippen LogP contribution < -0.4 is 10.6 Å². The molecule has 1 aromatic heterocycles. The SMILES string of the molecule is Cc1nc2c(n1C(C)CC1CCC(C)N1CCC(NC(=O)OC(C)(C)C)c1ccccc1)CCNC2. The Morgan fingerprint density at radius 3 is 2.72 bits per heavy atom. The Hall–Kier alpha value is -2.38. The Labute approximate surface area is 217 Å².